The van der Waals surface area contributed by atoms with E-state index < -0.39 is 0 Å². The van der Waals surface area contributed by atoms with E-state index in [2.05, 4.69) is 10.2 Å². The zero-order chi connectivity index (χ0) is 16.2. The number of ketones is 1. The van der Waals surface area contributed by atoms with Gasteiger partial charge in [-0.1, -0.05) is 6.42 Å². The number of carbonyl (C=O) groups excluding carboxylic acids is 2. The second-order valence-electron chi connectivity index (χ2n) is 6.89. The molecule has 1 amide bonds. The van der Waals surface area contributed by atoms with Crippen molar-refractivity contribution in [3.63, 3.8) is 0 Å². The van der Waals surface area contributed by atoms with Crippen molar-refractivity contribution < 1.29 is 9.59 Å². The maximum absolute atomic E-state index is 12.4. The molecule has 5 heteroatoms. The number of benzene rings is 1. The highest BCUT2D eigenvalue weighted by Gasteiger charge is 2.33. The quantitative estimate of drug-likeness (QED) is 0.838. The Bertz CT molecular complexity index is 571. The molecule has 2 atom stereocenters. The molecular formula is C19H27ClN2O2. The normalized spacial score (nSPS) is 23.7. The van der Waals surface area contributed by atoms with Crippen molar-refractivity contribution in [3.8, 4) is 0 Å². The van der Waals surface area contributed by atoms with Gasteiger partial charge in [0.2, 0.25) is 5.91 Å². The van der Waals surface area contributed by atoms with E-state index in [1.54, 1.807) is 19.1 Å². The molecular weight excluding hydrogens is 324 g/mol. The number of anilines is 1. The van der Waals surface area contributed by atoms with Crippen LogP contribution in [-0.2, 0) is 4.79 Å². The summed E-state index contributed by atoms with van der Waals surface area (Å²) in [4.78, 5) is 26.3. The monoisotopic (exact) mass is 350 g/mol. The van der Waals surface area contributed by atoms with Gasteiger partial charge in [-0.25, -0.2) is 0 Å². The third kappa shape index (κ3) is 4.58. The lowest BCUT2D eigenvalue weighted by Gasteiger charge is -2.44. The summed E-state index contributed by atoms with van der Waals surface area (Å²) in [5.41, 5.74) is 1.45. The van der Waals surface area contributed by atoms with Gasteiger partial charge < -0.3 is 10.2 Å². The summed E-state index contributed by atoms with van der Waals surface area (Å²) in [7, 11) is 0. The molecule has 4 nitrogen and oxygen atoms in total. The van der Waals surface area contributed by atoms with E-state index in [0.717, 1.165) is 12.1 Å². The minimum absolute atomic E-state index is 0. The molecule has 0 unspecified atom stereocenters. The zero-order valence-electron chi connectivity index (χ0n) is 14.3. The Balaban J connectivity index is 0.00000208. The van der Waals surface area contributed by atoms with Crippen molar-refractivity contribution in [2.45, 2.75) is 51.5 Å². The summed E-state index contributed by atoms with van der Waals surface area (Å²) >= 11 is 0. The summed E-state index contributed by atoms with van der Waals surface area (Å²) in [6, 6.07) is 7.75. The topological polar surface area (TPSA) is 49.4 Å². The molecule has 0 aromatic heterocycles. The van der Waals surface area contributed by atoms with Crippen molar-refractivity contribution in [2.75, 3.05) is 18.4 Å². The van der Waals surface area contributed by atoms with E-state index >= 15 is 0 Å². The molecule has 2 aliphatic heterocycles. The van der Waals surface area contributed by atoms with Gasteiger partial charge in [-0.3, -0.25) is 9.59 Å². The predicted octanol–water partition coefficient (Wildman–Crippen LogP) is 3.90. The van der Waals surface area contributed by atoms with Crippen LogP contribution in [-0.4, -0.2) is 35.7 Å². The largest absolute Gasteiger partial charge is 0.326 e. The molecule has 2 fully saturated rings. The molecule has 2 saturated heterocycles. The highest BCUT2D eigenvalue weighted by atomic mass is 35.5. The number of piperidine rings is 2. The van der Waals surface area contributed by atoms with E-state index in [9.17, 15) is 9.59 Å². The van der Waals surface area contributed by atoms with Crippen LogP contribution >= 0.6 is 12.4 Å². The van der Waals surface area contributed by atoms with Gasteiger partial charge in [0, 0.05) is 23.7 Å². The van der Waals surface area contributed by atoms with Crippen molar-refractivity contribution in [3.05, 3.63) is 29.8 Å². The lowest BCUT2D eigenvalue weighted by Crippen LogP contribution is -2.48. The maximum Gasteiger partial charge on any atom is 0.224 e. The number of nitrogens with zero attached hydrogens (tertiary/aromatic N) is 1. The van der Waals surface area contributed by atoms with Crippen LogP contribution in [0.2, 0.25) is 0 Å². The highest BCUT2D eigenvalue weighted by Crippen LogP contribution is 2.32. The Labute approximate surface area is 150 Å². The lowest BCUT2D eigenvalue weighted by atomic mass is 9.81. The number of nitrogens with one attached hydrogen (secondary N) is 1. The second-order valence-corrected chi connectivity index (χ2v) is 6.89. The van der Waals surface area contributed by atoms with Gasteiger partial charge in [-0.2, -0.15) is 0 Å². The molecule has 0 bridgehead atoms. The summed E-state index contributed by atoms with van der Waals surface area (Å²) < 4.78 is 0. The van der Waals surface area contributed by atoms with Crippen LogP contribution in [0, 0.1) is 5.92 Å². The minimum atomic E-state index is 0. The molecule has 0 spiro atoms. The summed E-state index contributed by atoms with van der Waals surface area (Å²) in [5.74, 6) is 0.626. The molecule has 2 heterocycles. The molecule has 132 valence electrons. The standard InChI is InChI=1S/C19H26N2O2.ClH/c1-14(22)15-7-9-17(10-8-15)20-19(23)13-16-5-4-12-21-11-3-2-6-18(16)21;/h7-10,16,18H,2-6,11-13H2,1H3,(H,20,23);1H/t16-,18+;/m0./s1. The van der Waals surface area contributed by atoms with Crippen molar-refractivity contribution in [2.24, 2.45) is 5.92 Å². The molecule has 0 aliphatic carbocycles. The Morgan fingerprint density at radius 3 is 2.50 bits per heavy atom. The van der Waals surface area contributed by atoms with Crippen LogP contribution < -0.4 is 5.32 Å². The van der Waals surface area contributed by atoms with Gasteiger partial charge in [0.15, 0.2) is 5.78 Å². The molecule has 0 saturated carbocycles. The SMILES string of the molecule is CC(=O)c1ccc(NC(=O)C[C@@H]2CCCN3CCCC[C@H]23)cc1.Cl. The van der Waals surface area contributed by atoms with Crippen LogP contribution in [0.5, 0.6) is 0 Å². The fourth-order valence-electron chi connectivity index (χ4n) is 4.05. The molecule has 0 radical (unpaired) electrons. The van der Waals surface area contributed by atoms with Crippen LogP contribution in [0.25, 0.3) is 0 Å². The number of halogens is 1. The van der Waals surface area contributed by atoms with Gasteiger partial charge in [-0.15, -0.1) is 12.4 Å². The van der Waals surface area contributed by atoms with Crippen LogP contribution in [0.15, 0.2) is 24.3 Å². The summed E-state index contributed by atoms with van der Waals surface area (Å²) in [6.45, 7) is 3.96. The minimum Gasteiger partial charge on any atom is -0.326 e. The summed E-state index contributed by atoms with van der Waals surface area (Å²) in [5, 5.41) is 2.98. The molecule has 1 N–H and O–H groups in total. The number of Topliss-reactive ketones (excluding diaryl/α,β-unsaturated/α-hetero) is 1. The first-order chi connectivity index (χ1) is 11.1. The van der Waals surface area contributed by atoms with E-state index in [4.69, 9.17) is 0 Å². The fraction of sp³-hybridized carbons (Fsp3) is 0.579. The average Bonchev–Trinajstić information content (AvgIpc) is 2.55. The number of rotatable bonds is 4. The molecule has 2 aliphatic rings. The first kappa shape index (κ1) is 18.9. The maximum atomic E-state index is 12.4. The zero-order valence-corrected chi connectivity index (χ0v) is 15.1. The first-order valence-electron chi connectivity index (χ1n) is 8.78. The van der Waals surface area contributed by atoms with E-state index in [1.165, 1.54) is 38.8 Å². The average molecular weight is 351 g/mol. The smallest absolute Gasteiger partial charge is 0.224 e. The van der Waals surface area contributed by atoms with Gasteiger partial charge in [0.1, 0.15) is 0 Å². The van der Waals surface area contributed by atoms with Gasteiger partial charge in [0.05, 0.1) is 0 Å². The first-order valence-corrected chi connectivity index (χ1v) is 8.78. The second kappa shape index (κ2) is 8.63. The van der Waals surface area contributed by atoms with Crippen LogP contribution in [0.1, 0.15) is 55.8 Å². The Hall–Kier alpha value is -1.39. The number of hydrogen-bond acceptors (Lipinski definition) is 3. The fourth-order valence-corrected chi connectivity index (χ4v) is 4.05. The van der Waals surface area contributed by atoms with Crippen LogP contribution in [0.4, 0.5) is 5.69 Å². The summed E-state index contributed by atoms with van der Waals surface area (Å²) in [6.07, 6.45) is 6.82. The number of fused-ring (bicyclic) bond motifs is 1. The molecule has 24 heavy (non-hydrogen) atoms. The Morgan fingerprint density at radius 2 is 1.79 bits per heavy atom. The Kier molecular flexibility index (Phi) is 6.81. The van der Waals surface area contributed by atoms with Gasteiger partial charge in [-0.05, 0) is 75.9 Å². The lowest BCUT2D eigenvalue weighted by molar-refractivity contribution is -0.118. The van der Waals surface area contributed by atoms with Crippen LogP contribution in [0.3, 0.4) is 0 Å². The Morgan fingerprint density at radius 1 is 1.08 bits per heavy atom. The predicted molar refractivity (Wildman–Crippen MR) is 98.9 cm³/mol. The number of amides is 1. The number of hydrogen-bond donors (Lipinski definition) is 1. The molecule has 3 rings (SSSR count). The van der Waals surface area contributed by atoms with Crippen molar-refractivity contribution in [1.82, 2.24) is 4.90 Å². The molecule has 1 aromatic rings. The highest BCUT2D eigenvalue weighted by molar-refractivity contribution is 5.95. The van der Waals surface area contributed by atoms with Crippen molar-refractivity contribution >= 4 is 29.8 Å². The van der Waals surface area contributed by atoms with Gasteiger partial charge >= 0.3 is 0 Å². The molecule has 1 aromatic carbocycles. The van der Waals surface area contributed by atoms with E-state index in [0.29, 0.717) is 23.9 Å². The van der Waals surface area contributed by atoms with E-state index in [-0.39, 0.29) is 24.1 Å². The third-order valence-corrected chi connectivity index (χ3v) is 5.25. The third-order valence-electron chi connectivity index (χ3n) is 5.25. The van der Waals surface area contributed by atoms with Gasteiger partial charge in [0.25, 0.3) is 0 Å². The van der Waals surface area contributed by atoms with E-state index in [1.807, 2.05) is 12.1 Å². The number of carbonyl (C=O) groups is 2. The van der Waals surface area contributed by atoms with Crippen molar-refractivity contribution in [1.29, 1.82) is 0 Å².